The van der Waals surface area contributed by atoms with Crippen LogP contribution in [0, 0.1) is 6.92 Å². The molecule has 0 amide bonds. The Morgan fingerprint density at radius 2 is 2.29 bits per heavy atom. The van der Waals surface area contributed by atoms with Crippen molar-refractivity contribution in [2.24, 2.45) is 5.73 Å². The summed E-state index contributed by atoms with van der Waals surface area (Å²) in [6.45, 7) is 2.58. The summed E-state index contributed by atoms with van der Waals surface area (Å²) >= 11 is 6.00. The minimum absolute atomic E-state index is 0.604. The molecule has 4 heteroatoms. The fourth-order valence-electron chi connectivity index (χ4n) is 1.45. The molecule has 14 heavy (non-hydrogen) atoms. The standard InChI is InChI=1S/C10H12ClN3/c1-6-4-8-9(5-7(6)11)14-10(13-8)2-3-12/h4-5H,2-3,12H2,1H3,(H,13,14). The van der Waals surface area contributed by atoms with Gasteiger partial charge in [-0.15, -0.1) is 0 Å². The average molecular weight is 210 g/mol. The van der Waals surface area contributed by atoms with Gasteiger partial charge in [-0.05, 0) is 31.2 Å². The maximum absolute atomic E-state index is 6.00. The molecule has 0 fully saturated rings. The Bertz CT molecular complexity index is 423. The molecule has 74 valence electrons. The lowest BCUT2D eigenvalue weighted by atomic mass is 10.2. The Kier molecular flexibility index (Phi) is 2.44. The summed E-state index contributed by atoms with van der Waals surface area (Å²) in [5.74, 6) is 0.921. The minimum Gasteiger partial charge on any atom is -0.342 e. The third kappa shape index (κ3) is 1.61. The van der Waals surface area contributed by atoms with E-state index < -0.39 is 0 Å². The van der Waals surface area contributed by atoms with Crippen LogP contribution in [0.2, 0.25) is 5.02 Å². The smallest absolute Gasteiger partial charge is 0.108 e. The van der Waals surface area contributed by atoms with Crippen LogP contribution in [0.1, 0.15) is 11.4 Å². The third-order valence-electron chi connectivity index (χ3n) is 2.19. The van der Waals surface area contributed by atoms with E-state index in [4.69, 9.17) is 17.3 Å². The monoisotopic (exact) mass is 209 g/mol. The molecule has 0 aliphatic heterocycles. The predicted octanol–water partition coefficient (Wildman–Crippen LogP) is 2.03. The number of aryl methyl sites for hydroxylation is 1. The number of aromatic nitrogens is 2. The van der Waals surface area contributed by atoms with Gasteiger partial charge in [-0.1, -0.05) is 11.6 Å². The highest BCUT2D eigenvalue weighted by atomic mass is 35.5. The van der Waals surface area contributed by atoms with E-state index in [9.17, 15) is 0 Å². The molecule has 0 radical (unpaired) electrons. The number of nitrogens with two attached hydrogens (primary N) is 1. The predicted molar refractivity (Wildman–Crippen MR) is 58.6 cm³/mol. The lowest BCUT2D eigenvalue weighted by molar-refractivity contribution is 0.900. The first kappa shape index (κ1) is 9.49. The van der Waals surface area contributed by atoms with Gasteiger partial charge in [0.2, 0.25) is 0 Å². The van der Waals surface area contributed by atoms with Crippen LogP contribution in [0.15, 0.2) is 12.1 Å². The maximum atomic E-state index is 6.00. The van der Waals surface area contributed by atoms with Crippen LogP contribution in [0.25, 0.3) is 11.0 Å². The van der Waals surface area contributed by atoms with E-state index in [-0.39, 0.29) is 0 Å². The Hall–Kier alpha value is -1.06. The second kappa shape index (κ2) is 3.59. The SMILES string of the molecule is Cc1cc2[nH]c(CCN)nc2cc1Cl. The molecule has 1 heterocycles. The normalized spacial score (nSPS) is 11.1. The van der Waals surface area contributed by atoms with Gasteiger partial charge in [0.05, 0.1) is 11.0 Å². The molecule has 3 nitrogen and oxygen atoms in total. The minimum atomic E-state index is 0.604. The van der Waals surface area contributed by atoms with Crippen LogP contribution in [-0.2, 0) is 6.42 Å². The number of halogens is 1. The van der Waals surface area contributed by atoms with E-state index in [1.807, 2.05) is 19.1 Å². The number of H-pyrrole nitrogens is 1. The summed E-state index contributed by atoms with van der Waals surface area (Å²) in [6, 6.07) is 3.88. The van der Waals surface area contributed by atoms with Crippen molar-refractivity contribution in [2.45, 2.75) is 13.3 Å². The van der Waals surface area contributed by atoms with E-state index in [0.717, 1.165) is 33.9 Å². The Labute approximate surface area is 87.3 Å². The summed E-state index contributed by atoms with van der Waals surface area (Å²) in [5.41, 5.74) is 8.44. The zero-order valence-corrected chi connectivity index (χ0v) is 8.73. The third-order valence-corrected chi connectivity index (χ3v) is 2.60. The van der Waals surface area contributed by atoms with E-state index in [0.29, 0.717) is 6.54 Å². The number of imidazole rings is 1. The summed E-state index contributed by atoms with van der Waals surface area (Å²) in [6.07, 6.45) is 0.769. The Balaban J connectivity index is 2.54. The van der Waals surface area contributed by atoms with E-state index in [1.54, 1.807) is 0 Å². The van der Waals surface area contributed by atoms with Crippen LogP contribution in [0.5, 0.6) is 0 Å². The molecule has 0 spiro atoms. The molecule has 3 N–H and O–H groups in total. The Morgan fingerprint density at radius 1 is 1.50 bits per heavy atom. The number of fused-ring (bicyclic) bond motifs is 1. The van der Waals surface area contributed by atoms with Gasteiger partial charge in [0.15, 0.2) is 0 Å². The van der Waals surface area contributed by atoms with E-state index >= 15 is 0 Å². The van der Waals surface area contributed by atoms with Crippen LogP contribution in [0.3, 0.4) is 0 Å². The highest BCUT2D eigenvalue weighted by Gasteiger charge is 2.04. The zero-order chi connectivity index (χ0) is 10.1. The molecule has 1 aromatic heterocycles. The first-order valence-electron chi connectivity index (χ1n) is 4.55. The van der Waals surface area contributed by atoms with Crippen molar-refractivity contribution in [2.75, 3.05) is 6.54 Å². The van der Waals surface area contributed by atoms with E-state index in [1.165, 1.54) is 0 Å². The molecular weight excluding hydrogens is 198 g/mol. The van der Waals surface area contributed by atoms with Crippen molar-refractivity contribution in [3.8, 4) is 0 Å². The Morgan fingerprint density at radius 3 is 3.00 bits per heavy atom. The van der Waals surface area contributed by atoms with Gasteiger partial charge in [-0.3, -0.25) is 0 Å². The molecule has 0 bridgehead atoms. The van der Waals surface area contributed by atoms with Crippen molar-refractivity contribution in [1.82, 2.24) is 9.97 Å². The quantitative estimate of drug-likeness (QED) is 0.795. The lowest BCUT2D eigenvalue weighted by Crippen LogP contribution is -2.03. The van der Waals surface area contributed by atoms with Crippen molar-refractivity contribution in [3.63, 3.8) is 0 Å². The molecule has 0 saturated heterocycles. The maximum Gasteiger partial charge on any atom is 0.108 e. The number of hydrogen-bond acceptors (Lipinski definition) is 2. The van der Waals surface area contributed by atoms with Gasteiger partial charge in [0, 0.05) is 11.4 Å². The number of hydrogen-bond donors (Lipinski definition) is 2. The van der Waals surface area contributed by atoms with Crippen LogP contribution < -0.4 is 5.73 Å². The van der Waals surface area contributed by atoms with Gasteiger partial charge in [-0.25, -0.2) is 4.98 Å². The topological polar surface area (TPSA) is 54.7 Å². The summed E-state index contributed by atoms with van der Waals surface area (Å²) in [7, 11) is 0. The fraction of sp³-hybridized carbons (Fsp3) is 0.300. The summed E-state index contributed by atoms with van der Waals surface area (Å²) < 4.78 is 0. The molecule has 0 aliphatic carbocycles. The van der Waals surface area contributed by atoms with Gasteiger partial charge >= 0.3 is 0 Å². The lowest BCUT2D eigenvalue weighted by Gasteiger charge is -1.95. The number of rotatable bonds is 2. The number of nitrogens with one attached hydrogen (secondary N) is 1. The van der Waals surface area contributed by atoms with Gasteiger partial charge in [-0.2, -0.15) is 0 Å². The van der Waals surface area contributed by atoms with Crippen molar-refractivity contribution >= 4 is 22.6 Å². The van der Waals surface area contributed by atoms with Crippen LogP contribution in [-0.4, -0.2) is 16.5 Å². The molecule has 0 aliphatic rings. The molecule has 2 aromatic rings. The van der Waals surface area contributed by atoms with Crippen LogP contribution in [0.4, 0.5) is 0 Å². The molecule has 0 unspecified atom stereocenters. The van der Waals surface area contributed by atoms with E-state index in [2.05, 4.69) is 9.97 Å². The van der Waals surface area contributed by atoms with Crippen molar-refractivity contribution in [1.29, 1.82) is 0 Å². The van der Waals surface area contributed by atoms with Gasteiger partial charge in [0.25, 0.3) is 0 Å². The highest BCUT2D eigenvalue weighted by Crippen LogP contribution is 2.21. The second-order valence-electron chi connectivity index (χ2n) is 3.34. The van der Waals surface area contributed by atoms with Crippen molar-refractivity contribution < 1.29 is 0 Å². The highest BCUT2D eigenvalue weighted by molar-refractivity contribution is 6.32. The van der Waals surface area contributed by atoms with Crippen molar-refractivity contribution in [3.05, 3.63) is 28.5 Å². The second-order valence-corrected chi connectivity index (χ2v) is 3.75. The molecule has 0 saturated carbocycles. The average Bonchev–Trinajstić information content (AvgIpc) is 2.48. The van der Waals surface area contributed by atoms with Gasteiger partial charge < -0.3 is 10.7 Å². The summed E-state index contributed by atoms with van der Waals surface area (Å²) in [4.78, 5) is 7.60. The summed E-state index contributed by atoms with van der Waals surface area (Å²) in [5, 5.41) is 0.753. The number of benzene rings is 1. The first-order chi connectivity index (χ1) is 6.70. The van der Waals surface area contributed by atoms with Gasteiger partial charge in [0.1, 0.15) is 5.82 Å². The number of nitrogens with zero attached hydrogens (tertiary/aromatic N) is 1. The first-order valence-corrected chi connectivity index (χ1v) is 4.93. The van der Waals surface area contributed by atoms with Crippen LogP contribution >= 0.6 is 11.6 Å². The zero-order valence-electron chi connectivity index (χ0n) is 7.97. The molecule has 1 aromatic carbocycles. The fourth-order valence-corrected chi connectivity index (χ4v) is 1.61. The molecular formula is C10H12ClN3. The largest absolute Gasteiger partial charge is 0.342 e. The number of aromatic amines is 1. The molecule has 0 atom stereocenters. The molecule has 2 rings (SSSR count).